The first-order chi connectivity index (χ1) is 11.6. The van der Waals surface area contributed by atoms with Gasteiger partial charge in [0.1, 0.15) is 0 Å². The molecule has 134 valence electrons. The zero-order chi connectivity index (χ0) is 17.4. The molecule has 0 bridgehead atoms. The Morgan fingerprint density at radius 3 is 2.54 bits per heavy atom. The molecule has 0 aliphatic carbocycles. The highest BCUT2D eigenvalue weighted by Gasteiger charge is 2.22. The first-order valence-electron chi connectivity index (χ1n) is 9.22. The van der Waals surface area contributed by atoms with Gasteiger partial charge in [0.15, 0.2) is 0 Å². The standard InChI is InChI=1S/C20H32N2OS/c1-4-24-10-9-20(23)21-12-18-7-5-6-8-19(18)15-22-13-16(2)11-17(3)14-22/h5-8,16-17H,4,9-15H2,1-3H3,(H,21,23). The number of rotatable bonds is 8. The molecule has 1 heterocycles. The van der Waals surface area contributed by atoms with Gasteiger partial charge in [-0.3, -0.25) is 9.69 Å². The smallest absolute Gasteiger partial charge is 0.221 e. The second-order valence-electron chi connectivity index (χ2n) is 7.13. The van der Waals surface area contributed by atoms with E-state index in [1.54, 1.807) is 0 Å². The maximum Gasteiger partial charge on any atom is 0.221 e. The molecule has 1 saturated heterocycles. The summed E-state index contributed by atoms with van der Waals surface area (Å²) < 4.78 is 0. The zero-order valence-corrected chi connectivity index (χ0v) is 16.2. The van der Waals surface area contributed by atoms with Crippen molar-refractivity contribution in [3.05, 3.63) is 35.4 Å². The van der Waals surface area contributed by atoms with E-state index in [-0.39, 0.29) is 5.91 Å². The van der Waals surface area contributed by atoms with E-state index in [9.17, 15) is 4.79 Å². The van der Waals surface area contributed by atoms with Crippen LogP contribution in [0.15, 0.2) is 24.3 Å². The fourth-order valence-electron chi connectivity index (χ4n) is 3.64. The Bertz CT molecular complexity index is 510. The monoisotopic (exact) mass is 348 g/mol. The lowest BCUT2D eigenvalue weighted by Crippen LogP contribution is -2.38. The van der Waals surface area contributed by atoms with Crippen molar-refractivity contribution in [1.29, 1.82) is 0 Å². The van der Waals surface area contributed by atoms with E-state index in [2.05, 4.69) is 55.3 Å². The summed E-state index contributed by atoms with van der Waals surface area (Å²) in [6, 6.07) is 8.53. The number of nitrogens with zero attached hydrogens (tertiary/aromatic N) is 1. The fraction of sp³-hybridized carbons (Fsp3) is 0.650. The number of thioether (sulfide) groups is 1. The van der Waals surface area contributed by atoms with E-state index >= 15 is 0 Å². The van der Waals surface area contributed by atoms with Crippen molar-refractivity contribution in [1.82, 2.24) is 10.2 Å². The molecule has 1 aromatic rings. The largest absolute Gasteiger partial charge is 0.352 e. The summed E-state index contributed by atoms with van der Waals surface area (Å²) >= 11 is 1.82. The molecule has 1 N–H and O–H groups in total. The minimum atomic E-state index is 0.158. The number of carbonyl (C=O) groups is 1. The van der Waals surface area contributed by atoms with Gasteiger partial charge in [-0.05, 0) is 35.1 Å². The molecule has 0 saturated carbocycles. The average Bonchev–Trinajstić information content (AvgIpc) is 2.53. The van der Waals surface area contributed by atoms with Crippen molar-refractivity contribution in [3.63, 3.8) is 0 Å². The number of carbonyl (C=O) groups excluding carboxylic acids is 1. The van der Waals surface area contributed by atoms with E-state index in [1.165, 1.54) is 30.6 Å². The molecule has 0 radical (unpaired) electrons. The van der Waals surface area contributed by atoms with E-state index in [0.717, 1.165) is 29.9 Å². The summed E-state index contributed by atoms with van der Waals surface area (Å²) in [7, 11) is 0. The Balaban J connectivity index is 1.89. The minimum absolute atomic E-state index is 0.158. The third-order valence-corrected chi connectivity index (χ3v) is 5.51. The maximum atomic E-state index is 11.9. The summed E-state index contributed by atoms with van der Waals surface area (Å²) in [5, 5.41) is 3.08. The summed E-state index contributed by atoms with van der Waals surface area (Å²) in [5.41, 5.74) is 2.60. The molecule has 24 heavy (non-hydrogen) atoms. The third-order valence-electron chi connectivity index (χ3n) is 4.61. The highest BCUT2D eigenvalue weighted by atomic mass is 32.2. The van der Waals surface area contributed by atoms with Crippen LogP contribution in [0.2, 0.25) is 0 Å². The van der Waals surface area contributed by atoms with E-state index in [4.69, 9.17) is 0 Å². The van der Waals surface area contributed by atoms with Crippen LogP contribution in [-0.4, -0.2) is 35.4 Å². The van der Waals surface area contributed by atoms with Crippen LogP contribution in [0.1, 0.15) is 44.7 Å². The van der Waals surface area contributed by atoms with Crippen LogP contribution in [0.5, 0.6) is 0 Å². The van der Waals surface area contributed by atoms with Gasteiger partial charge in [0, 0.05) is 38.4 Å². The number of likely N-dealkylation sites (tertiary alicyclic amines) is 1. The van der Waals surface area contributed by atoms with Crippen LogP contribution in [0, 0.1) is 11.8 Å². The zero-order valence-electron chi connectivity index (χ0n) is 15.4. The van der Waals surface area contributed by atoms with Crippen LogP contribution < -0.4 is 5.32 Å². The second-order valence-corrected chi connectivity index (χ2v) is 8.53. The molecule has 2 atom stereocenters. The second kappa shape index (κ2) is 10.1. The van der Waals surface area contributed by atoms with Crippen molar-refractivity contribution >= 4 is 17.7 Å². The van der Waals surface area contributed by atoms with E-state index < -0.39 is 0 Å². The van der Waals surface area contributed by atoms with Crippen molar-refractivity contribution in [2.45, 2.75) is 46.7 Å². The molecule has 1 aliphatic heterocycles. The lowest BCUT2D eigenvalue weighted by molar-refractivity contribution is -0.120. The average molecular weight is 349 g/mol. The molecule has 3 nitrogen and oxygen atoms in total. The lowest BCUT2D eigenvalue weighted by Gasteiger charge is -2.35. The van der Waals surface area contributed by atoms with Gasteiger partial charge in [-0.25, -0.2) is 0 Å². The van der Waals surface area contributed by atoms with Crippen molar-refractivity contribution in [2.75, 3.05) is 24.6 Å². The molecular formula is C20H32N2OS. The number of hydrogen-bond acceptors (Lipinski definition) is 3. The molecule has 1 aliphatic rings. The quantitative estimate of drug-likeness (QED) is 0.723. The van der Waals surface area contributed by atoms with Crippen molar-refractivity contribution in [2.24, 2.45) is 11.8 Å². The normalized spacial score (nSPS) is 21.6. The first-order valence-corrected chi connectivity index (χ1v) is 10.4. The van der Waals surface area contributed by atoms with Gasteiger partial charge in [0.05, 0.1) is 0 Å². The van der Waals surface area contributed by atoms with Crippen LogP contribution in [-0.2, 0) is 17.9 Å². The van der Waals surface area contributed by atoms with Crippen molar-refractivity contribution < 1.29 is 4.79 Å². The molecular weight excluding hydrogens is 316 g/mol. The Morgan fingerprint density at radius 2 is 1.88 bits per heavy atom. The number of nitrogens with one attached hydrogen (secondary N) is 1. The van der Waals surface area contributed by atoms with Gasteiger partial charge in [0.2, 0.25) is 5.91 Å². The lowest BCUT2D eigenvalue weighted by atomic mass is 9.91. The van der Waals surface area contributed by atoms with Gasteiger partial charge in [-0.1, -0.05) is 45.0 Å². The van der Waals surface area contributed by atoms with E-state index in [0.29, 0.717) is 13.0 Å². The minimum Gasteiger partial charge on any atom is -0.352 e. The number of piperidine rings is 1. The summed E-state index contributed by atoms with van der Waals surface area (Å²) in [4.78, 5) is 14.5. The molecule has 2 unspecified atom stereocenters. The van der Waals surface area contributed by atoms with E-state index in [1.807, 2.05) is 11.8 Å². The topological polar surface area (TPSA) is 32.3 Å². The summed E-state index contributed by atoms with van der Waals surface area (Å²) in [5.74, 6) is 3.69. The van der Waals surface area contributed by atoms with Gasteiger partial charge in [-0.2, -0.15) is 11.8 Å². The van der Waals surface area contributed by atoms with Gasteiger partial charge >= 0.3 is 0 Å². The Labute approximate surface area is 151 Å². The van der Waals surface area contributed by atoms with Crippen LogP contribution in [0.3, 0.4) is 0 Å². The summed E-state index contributed by atoms with van der Waals surface area (Å²) in [6.45, 7) is 10.8. The van der Waals surface area contributed by atoms with Gasteiger partial charge < -0.3 is 5.32 Å². The molecule has 0 aromatic heterocycles. The van der Waals surface area contributed by atoms with Crippen LogP contribution >= 0.6 is 11.8 Å². The molecule has 4 heteroatoms. The van der Waals surface area contributed by atoms with Gasteiger partial charge in [-0.15, -0.1) is 0 Å². The first kappa shape index (κ1) is 19.3. The SMILES string of the molecule is CCSCCC(=O)NCc1ccccc1CN1CC(C)CC(C)C1. The third kappa shape index (κ3) is 6.48. The fourth-order valence-corrected chi connectivity index (χ4v) is 4.26. The molecule has 1 fully saturated rings. The van der Waals surface area contributed by atoms with Crippen LogP contribution in [0.4, 0.5) is 0 Å². The Hall–Kier alpha value is -1.00. The molecule has 2 rings (SSSR count). The Morgan fingerprint density at radius 1 is 1.21 bits per heavy atom. The van der Waals surface area contributed by atoms with Crippen molar-refractivity contribution in [3.8, 4) is 0 Å². The molecule has 1 aromatic carbocycles. The highest BCUT2D eigenvalue weighted by Crippen LogP contribution is 2.23. The maximum absolute atomic E-state index is 11.9. The van der Waals surface area contributed by atoms with Gasteiger partial charge in [0.25, 0.3) is 0 Å². The molecule has 0 spiro atoms. The van der Waals surface area contributed by atoms with Crippen LogP contribution in [0.25, 0.3) is 0 Å². The predicted molar refractivity (Wildman–Crippen MR) is 104 cm³/mol. The summed E-state index contributed by atoms with van der Waals surface area (Å²) in [6.07, 6.45) is 1.95. The number of benzene rings is 1. The number of hydrogen-bond donors (Lipinski definition) is 1. The highest BCUT2D eigenvalue weighted by molar-refractivity contribution is 7.99. The number of amides is 1. The predicted octanol–water partition coefficient (Wildman–Crippen LogP) is 3.92. The Kier molecular flexibility index (Phi) is 8.13. The molecule has 1 amide bonds.